The summed E-state index contributed by atoms with van der Waals surface area (Å²) >= 11 is 0. The topological polar surface area (TPSA) is 38.3 Å². The van der Waals surface area contributed by atoms with E-state index in [1.54, 1.807) is 6.92 Å². The predicted octanol–water partition coefficient (Wildman–Crippen LogP) is 1.35. The van der Waals surface area contributed by atoms with E-state index in [4.69, 9.17) is 0 Å². The summed E-state index contributed by atoms with van der Waals surface area (Å²) in [4.78, 5) is 10.7. The molecular weight excluding hydrogens is 192 g/mol. The zero-order chi connectivity index (χ0) is 11.2. The maximum atomic E-state index is 12.9. The number of carbonyl (C=O) groups is 1. The molecule has 0 saturated heterocycles. The second kappa shape index (κ2) is 5.70. The smallest absolute Gasteiger partial charge is 0.378 e. The molecule has 0 radical (unpaired) electrons. The van der Waals surface area contributed by atoms with Crippen LogP contribution < -0.4 is 5.32 Å². The first-order chi connectivity index (χ1) is 6.40. The van der Waals surface area contributed by atoms with E-state index >= 15 is 0 Å². The molecule has 0 atom stereocenters. The van der Waals surface area contributed by atoms with Crippen LogP contribution in [0, 0.1) is 0 Å². The Balaban J connectivity index is 3.93. The summed E-state index contributed by atoms with van der Waals surface area (Å²) in [6.07, 6.45) is 0. The number of esters is 1. The number of rotatable bonds is 6. The minimum Gasteiger partial charge on any atom is -0.462 e. The van der Waals surface area contributed by atoms with Gasteiger partial charge in [0, 0.05) is 6.54 Å². The third kappa shape index (κ3) is 4.91. The maximum Gasteiger partial charge on any atom is 0.378 e. The van der Waals surface area contributed by atoms with E-state index in [1.807, 2.05) is 0 Å². The molecule has 0 heterocycles. The fourth-order valence-corrected chi connectivity index (χ4v) is 0.742. The molecule has 0 fully saturated rings. The van der Waals surface area contributed by atoms with Gasteiger partial charge in [-0.3, -0.25) is 0 Å². The number of nitrogens with one attached hydrogen (secondary N) is 1. The van der Waals surface area contributed by atoms with Gasteiger partial charge in [0.25, 0.3) is 0 Å². The third-order valence-electron chi connectivity index (χ3n) is 1.35. The van der Waals surface area contributed by atoms with Crippen molar-refractivity contribution in [3.05, 3.63) is 12.2 Å². The minimum absolute atomic E-state index is 0.0467. The van der Waals surface area contributed by atoms with Crippen LogP contribution in [0.1, 0.15) is 13.8 Å². The molecule has 0 aromatic rings. The van der Waals surface area contributed by atoms with Crippen LogP contribution in [-0.4, -0.2) is 31.6 Å². The molecule has 0 aliphatic heterocycles. The van der Waals surface area contributed by atoms with Crippen molar-refractivity contribution < 1.29 is 18.3 Å². The number of hydrogen-bond acceptors (Lipinski definition) is 3. The van der Waals surface area contributed by atoms with Gasteiger partial charge in [-0.25, -0.2) is 4.79 Å². The quantitative estimate of drug-likeness (QED) is 0.527. The lowest BCUT2D eigenvalue weighted by molar-refractivity contribution is -0.170. The molecule has 1 N–H and O–H groups in total. The van der Waals surface area contributed by atoms with Crippen LogP contribution >= 0.6 is 0 Å². The molecule has 0 aromatic heterocycles. The van der Waals surface area contributed by atoms with Gasteiger partial charge in [0.2, 0.25) is 0 Å². The lowest BCUT2D eigenvalue weighted by atomic mass is 10.3. The predicted molar refractivity (Wildman–Crippen MR) is 49.3 cm³/mol. The molecule has 0 bridgehead atoms. The van der Waals surface area contributed by atoms with Crippen molar-refractivity contribution in [3.8, 4) is 0 Å². The Morgan fingerprint density at radius 1 is 1.57 bits per heavy atom. The third-order valence-corrected chi connectivity index (χ3v) is 1.35. The molecule has 82 valence electrons. The first-order valence-electron chi connectivity index (χ1n) is 4.30. The fraction of sp³-hybridized carbons (Fsp3) is 0.667. The van der Waals surface area contributed by atoms with Crippen LogP contribution in [0.3, 0.4) is 0 Å². The summed E-state index contributed by atoms with van der Waals surface area (Å²) in [7, 11) is 0. The molecule has 0 unspecified atom stereocenters. The molecular formula is C9H15F2NO2. The zero-order valence-corrected chi connectivity index (χ0v) is 8.40. The number of hydrogen-bond donors (Lipinski definition) is 1. The summed E-state index contributed by atoms with van der Waals surface area (Å²) in [5.74, 6) is -4.96. The van der Waals surface area contributed by atoms with E-state index in [-0.39, 0.29) is 13.2 Å². The summed E-state index contributed by atoms with van der Waals surface area (Å²) in [5, 5.41) is 2.41. The van der Waals surface area contributed by atoms with Gasteiger partial charge in [-0.1, -0.05) is 12.2 Å². The van der Waals surface area contributed by atoms with E-state index in [2.05, 4.69) is 16.6 Å². The zero-order valence-electron chi connectivity index (χ0n) is 8.40. The van der Waals surface area contributed by atoms with Crippen LogP contribution in [0.2, 0.25) is 0 Å². The molecule has 5 heteroatoms. The number of ether oxygens (including phenoxy) is 1. The van der Waals surface area contributed by atoms with Crippen molar-refractivity contribution >= 4 is 5.97 Å². The van der Waals surface area contributed by atoms with Crippen molar-refractivity contribution in [2.24, 2.45) is 0 Å². The average molecular weight is 207 g/mol. The Bertz CT molecular complexity index is 217. The molecule has 0 spiro atoms. The highest BCUT2D eigenvalue weighted by molar-refractivity contribution is 5.77. The van der Waals surface area contributed by atoms with Gasteiger partial charge in [-0.05, 0) is 13.8 Å². The molecule has 0 aliphatic carbocycles. The minimum atomic E-state index is -3.47. The lowest BCUT2D eigenvalue weighted by Gasteiger charge is -2.15. The highest BCUT2D eigenvalue weighted by atomic mass is 19.3. The highest BCUT2D eigenvalue weighted by Gasteiger charge is 2.39. The van der Waals surface area contributed by atoms with Crippen molar-refractivity contribution in [2.45, 2.75) is 19.8 Å². The summed E-state index contributed by atoms with van der Waals surface area (Å²) in [6.45, 7) is 6.21. The van der Waals surface area contributed by atoms with E-state index in [0.29, 0.717) is 0 Å². The van der Waals surface area contributed by atoms with Gasteiger partial charge < -0.3 is 10.1 Å². The molecule has 3 nitrogen and oxygen atoms in total. The average Bonchev–Trinajstić information content (AvgIpc) is 2.03. The second-order valence-corrected chi connectivity index (χ2v) is 2.99. The Kier molecular flexibility index (Phi) is 5.30. The van der Waals surface area contributed by atoms with E-state index in [1.165, 1.54) is 6.92 Å². The normalized spacial score (nSPS) is 11.1. The van der Waals surface area contributed by atoms with Gasteiger partial charge in [0.15, 0.2) is 0 Å². The summed E-state index contributed by atoms with van der Waals surface area (Å²) in [5.41, 5.74) is 0.727. The Morgan fingerprint density at radius 3 is 2.57 bits per heavy atom. The van der Waals surface area contributed by atoms with Crippen molar-refractivity contribution in [1.82, 2.24) is 5.32 Å². The molecule has 0 rings (SSSR count). The largest absolute Gasteiger partial charge is 0.462 e. The monoisotopic (exact) mass is 207 g/mol. The molecule has 0 amide bonds. The molecule has 0 aromatic carbocycles. The Hall–Kier alpha value is -0.970. The molecule has 0 aliphatic rings. The standard InChI is InChI=1S/C9H15F2NO2/c1-4-14-8(13)9(10,11)6-12-5-7(2)3/h12H,2,4-6H2,1,3H3. The van der Waals surface area contributed by atoms with E-state index < -0.39 is 18.4 Å². The summed E-state index contributed by atoms with van der Waals surface area (Å²) < 4.78 is 30.0. The number of alkyl halides is 2. The van der Waals surface area contributed by atoms with Crippen LogP contribution in [0.15, 0.2) is 12.2 Å². The van der Waals surface area contributed by atoms with E-state index in [0.717, 1.165) is 5.57 Å². The van der Waals surface area contributed by atoms with E-state index in [9.17, 15) is 13.6 Å². The van der Waals surface area contributed by atoms with Crippen LogP contribution in [0.5, 0.6) is 0 Å². The number of carbonyl (C=O) groups excluding carboxylic acids is 1. The van der Waals surface area contributed by atoms with Crippen LogP contribution in [-0.2, 0) is 9.53 Å². The number of halogens is 2. The summed E-state index contributed by atoms with van der Waals surface area (Å²) in [6, 6.07) is 0. The van der Waals surface area contributed by atoms with Gasteiger partial charge in [-0.15, -0.1) is 0 Å². The Morgan fingerprint density at radius 2 is 2.14 bits per heavy atom. The fourth-order valence-electron chi connectivity index (χ4n) is 0.742. The Labute approximate surface area is 82.1 Å². The SMILES string of the molecule is C=C(C)CNCC(F)(F)C(=O)OCC. The van der Waals surface area contributed by atoms with Crippen LogP contribution in [0.25, 0.3) is 0 Å². The lowest BCUT2D eigenvalue weighted by Crippen LogP contribution is -2.41. The second-order valence-electron chi connectivity index (χ2n) is 2.99. The van der Waals surface area contributed by atoms with Gasteiger partial charge in [-0.2, -0.15) is 8.78 Å². The molecule has 0 saturated carbocycles. The molecule has 14 heavy (non-hydrogen) atoms. The first kappa shape index (κ1) is 13.0. The highest BCUT2D eigenvalue weighted by Crippen LogP contribution is 2.14. The maximum absolute atomic E-state index is 12.9. The van der Waals surface area contributed by atoms with Crippen molar-refractivity contribution in [2.75, 3.05) is 19.7 Å². The first-order valence-corrected chi connectivity index (χ1v) is 4.30. The van der Waals surface area contributed by atoms with Gasteiger partial charge in [0.05, 0.1) is 13.2 Å². The van der Waals surface area contributed by atoms with Gasteiger partial charge >= 0.3 is 11.9 Å². The van der Waals surface area contributed by atoms with Crippen molar-refractivity contribution in [3.63, 3.8) is 0 Å². The van der Waals surface area contributed by atoms with Crippen LogP contribution in [0.4, 0.5) is 8.78 Å². The van der Waals surface area contributed by atoms with Gasteiger partial charge in [0.1, 0.15) is 0 Å². The van der Waals surface area contributed by atoms with Crippen molar-refractivity contribution in [1.29, 1.82) is 0 Å².